The number of fused-ring (bicyclic) bond motifs is 1. The van der Waals surface area contributed by atoms with Gasteiger partial charge in [-0.1, -0.05) is 55.2 Å². The summed E-state index contributed by atoms with van der Waals surface area (Å²) in [7, 11) is 0. The number of benzene rings is 4. The molecule has 0 atom stereocenters. The van der Waals surface area contributed by atoms with E-state index in [0.29, 0.717) is 12.0 Å². The zero-order chi connectivity index (χ0) is 22.7. The van der Waals surface area contributed by atoms with Gasteiger partial charge in [-0.25, -0.2) is 17.6 Å². The lowest BCUT2D eigenvalue weighted by atomic mass is 10.0. The quantitative estimate of drug-likeness (QED) is 0.183. The van der Waals surface area contributed by atoms with Crippen LogP contribution in [-0.4, -0.2) is 0 Å². The smallest absolute Gasteiger partial charge is 0.195 e. The van der Waals surface area contributed by atoms with Crippen LogP contribution in [-0.2, 0) is 19.3 Å². The number of hydrogen-bond donors (Lipinski definition) is 0. The van der Waals surface area contributed by atoms with Crippen molar-refractivity contribution in [3.63, 3.8) is 0 Å². The Labute approximate surface area is 184 Å². The van der Waals surface area contributed by atoms with Crippen molar-refractivity contribution in [3.05, 3.63) is 118 Å². The van der Waals surface area contributed by atoms with E-state index in [0.717, 1.165) is 24.5 Å². The van der Waals surface area contributed by atoms with Crippen molar-refractivity contribution >= 4 is 10.8 Å². The van der Waals surface area contributed by atoms with E-state index in [1.54, 1.807) is 6.07 Å². The van der Waals surface area contributed by atoms with Gasteiger partial charge in [0.15, 0.2) is 17.5 Å². The summed E-state index contributed by atoms with van der Waals surface area (Å²) in [5, 5.41) is 0.158. The Bertz CT molecular complexity index is 1340. The van der Waals surface area contributed by atoms with Crippen LogP contribution in [0.25, 0.3) is 10.8 Å². The van der Waals surface area contributed by atoms with Crippen LogP contribution in [0, 0.1) is 35.1 Å². The van der Waals surface area contributed by atoms with Gasteiger partial charge in [-0.3, -0.25) is 0 Å². The maximum atomic E-state index is 14.5. The van der Waals surface area contributed by atoms with Gasteiger partial charge in [-0.15, -0.1) is 0 Å². The highest BCUT2D eigenvalue weighted by Gasteiger charge is 2.13. The van der Waals surface area contributed by atoms with Gasteiger partial charge in [0.2, 0.25) is 0 Å². The van der Waals surface area contributed by atoms with Crippen molar-refractivity contribution in [1.29, 1.82) is 0 Å². The fourth-order valence-corrected chi connectivity index (χ4v) is 3.57. The molecule has 0 N–H and O–H groups in total. The monoisotopic (exact) mass is 432 g/mol. The van der Waals surface area contributed by atoms with Gasteiger partial charge in [0.1, 0.15) is 5.82 Å². The first-order valence-electron chi connectivity index (χ1n) is 10.4. The third kappa shape index (κ3) is 4.68. The van der Waals surface area contributed by atoms with E-state index in [1.807, 2.05) is 6.07 Å². The van der Waals surface area contributed by atoms with E-state index in [9.17, 15) is 17.6 Å². The molecule has 0 nitrogen and oxygen atoms in total. The van der Waals surface area contributed by atoms with E-state index in [-0.39, 0.29) is 16.3 Å². The molecule has 0 heterocycles. The molecule has 0 radical (unpaired) electrons. The standard InChI is InChI=1S/C28H20F4/c1-2-18-3-5-19(6-4-18)7-8-21-10-13-22(25(29)16-21)12-9-20-11-14-24-23(15-20)17-26(30)28(32)27(24)31/h3-6,10-11,13-17H,2,7-8H2,1H3. The lowest BCUT2D eigenvalue weighted by Crippen LogP contribution is -1.94. The van der Waals surface area contributed by atoms with Crippen molar-refractivity contribution < 1.29 is 17.6 Å². The summed E-state index contributed by atoms with van der Waals surface area (Å²) in [6, 6.07) is 18.6. The van der Waals surface area contributed by atoms with Crippen molar-refractivity contribution in [2.24, 2.45) is 0 Å². The molecule has 4 aromatic rings. The molecule has 0 spiro atoms. The maximum absolute atomic E-state index is 14.5. The number of rotatable bonds is 4. The summed E-state index contributed by atoms with van der Waals surface area (Å²) < 4.78 is 55.2. The summed E-state index contributed by atoms with van der Waals surface area (Å²) in [4.78, 5) is 0. The van der Waals surface area contributed by atoms with Gasteiger partial charge in [0.25, 0.3) is 0 Å². The Kier molecular flexibility index (Phi) is 6.28. The predicted molar refractivity (Wildman–Crippen MR) is 119 cm³/mol. The third-order valence-corrected chi connectivity index (χ3v) is 5.48. The topological polar surface area (TPSA) is 0 Å². The second kappa shape index (κ2) is 9.28. The zero-order valence-electron chi connectivity index (χ0n) is 17.5. The highest BCUT2D eigenvalue weighted by molar-refractivity contribution is 5.84. The SMILES string of the molecule is CCc1ccc(CCc2ccc(C#Cc3ccc4c(F)c(F)c(F)cc4c3)c(F)c2)cc1. The number of hydrogen-bond acceptors (Lipinski definition) is 0. The molecule has 0 unspecified atom stereocenters. The molecule has 0 saturated carbocycles. The summed E-state index contributed by atoms with van der Waals surface area (Å²) in [5.74, 6) is 1.15. The molecular weight excluding hydrogens is 412 g/mol. The van der Waals surface area contributed by atoms with Crippen LogP contribution in [0.1, 0.15) is 34.7 Å². The summed E-state index contributed by atoms with van der Waals surface area (Å²) >= 11 is 0. The highest BCUT2D eigenvalue weighted by atomic mass is 19.2. The molecule has 0 aliphatic carbocycles. The molecule has 4 aromatic carbocycles. The molecule has 32 heavy (non-hydrogen) atoms. The summed E-state index contributed by atoms with van der Waals surface area (Å²) in [5.41, 5.74) is 4.05. The number of aryl methyl sites for hydroxylation is 3. The minimum atomic E-state index is -1.50. The Morgan fingerprint density at radius 2 is 1.31 bits per heavy atom. The maximum Gasteiger partial charge on any atom is 0.195 e. The van der Waals surface area contributed by atoms with Crippen molar-refractivity contribution in [2.45, 2.75) is 26.2 Å². The molecule has 0 aliphatic heterocycles. The molecule has 0 fully saturated rings. The lowest BCUT2D eigenvalue weighted by molar-refractivity contribution is 0.453. The van der Waals surface area contributed by atoms with Crippen LogP contribution >= 0.6 is 0 Å². The van der Waals surface area contributed by atoms with Crippen LogP contribution < -0.4 is 0 Å². The van der Waals surface area contributed by atoms with Gasteiger partial charge in [0, 0.05) is 10.9 Å². The fourth-order valence-electron chi connectivity index (χ4n) is 3.57. The molecular formula is C28H20F4. The van der Waals surface area contributed by atoms with Crippen LogP contribution in [0.5, 0.6) is 0 Å². The van der Waals surface area contributed by atoms with Gasteiger partial charge in [-0.2, -0.15) is 0 Å². The second-order valence-electron chi connectivity index (χ2n) is 7.66. The molecule has 4 heteroatoms. The van der Waals surface area contributed by atoms with Crippen LogP contribution in [0.3, 0.4) is 0 Å². The molecule has 0 bridgehead atoms. The minimum absolute atomic E-state index is 0.0330. The van der Waals surface area contributed by atoms with Gasteiger partial charge < -0.3 is 0 Å². The Balaban J connectivity index is 1.50. The molecule has 160 valence electrons. The van der Waals surface area contributed by atoms with Crippen molar-refractivity contribution in [1.82, 2.24) is 0 Å². The zero-order valence-corrected chi connectivity index (χ0v) is 17.5. The average molecular weight is 432 g/mol. The highest BCUT2D eigenvalue weighted by Crippen LogP contribution is 2.24. The van der Waals surface area contributed by atoms with E-state index in [2.05, 4.69) is 43.0 Å². The molecule has 0 aliphatic rings. The van der Waals surface area contributed by atoms with Gasteiger partial charge in [0.05, 0.1) is 5.56 Å². The van der Waals surface area contributed by atoms with Crippen molar-refractivity contribution in [3.8, 4) is 11.8 Å². The summed E-state index contributed by atoms with van der Waals surface area (Å²) in [6.45, 7) is 2.11. The van der Waals surface area contributed by atoms with E-state index < -0.39 is 23.3 Å². The Morgan fingerprint density at radius 1 is 0.625 bits per heavy atom. The van der Waals surface area contributed by atoms with E-state index in [1.165, 1.54) is 35.4 Å². The number of halogens is 4. The minimum Gasteiger partial charge on any atom is -0.206 e. The first-order chi connectivity index (χ1) is 15.4. The normalized spacial score (nSPS) is 10.8. The van der Waals surface area contributed by atoms with Crippen molar-refractivity contribution in [2.75, 3.05) is 0 Å². The van der Waals surface area contributed by atoms with Crippen LogP contribution in [0.15, 0.2) is 66.7 Å². The molecule has 0 aromatic heterocycles. The Morgan fingerprint density at radius 3 is 2.03 bits per heavy atom. The Hall–Kier alpha value is -3.58. The fraction of sp³-hybridized carbons (Fsp3) is 0.143. The predicted octanol–water partition coefficient (Wildman–Crippen LogP) is 7.14. The molecule has 4 rings (SSSR count). The van der Waals surface area contributed by atoms with E-state index in [4.69, 9.17) is 0 Å². The largest absolute Gasteiger partial charge is 0.206 e. The summed E-state index contributed by atoms with van der Waals surface area (Å²) in [6.07, 6.45) is 2.53. The second-order valence-corrected chi connectivity index (χ2v) is 7.66. The van der Waals surface area contributed by atoms with Crippen LogP contribution in [0.4, 0.5) is 17.6 Å². The first-order valence-corrected chi connectivity index (χ1v) is 10.4. The van der Waals surface area contributed by atoms with Crippen LogP contribution in [0.2, 0.25) is 0 Å². The third-order valence-electron chi connectivity index (χ3n) is 5.48. The van der Waals surface area contributed by atoms with Gasteiger partial charge in [-0.05, 0) is 71.7 Å². The van der Waals surface area contributed by atoms with E-state index >= 15 is 0 Å². The molecule has 0 saturated heterocycles. The first kappa shape index (κ1) is 21.6. The lowest BCUT2D eigenvalue weighted by Gasteiger charge is -2.05. The average Bonchev–Trinajstić information content (AvgIpc) is 2.81. The van der Waals surface area contributed by atoms with Gasteiger partial charge >= 0.3 is 0 Å². The molecule has 0 amide bonds.